The molecule has 1 aromatic carbocycles. The molecule has 1 heterocycles. The maximum Gasteiger partial charge on any atom is 0.335 e. The molecule has 21 heavy (non-hydrogen) atoms. The van der Waals surface area contributed by atoms with Gasteiger partial charge in [-0.15, -0.1) is 0 Å². The highest BCUT2D eigenvalue weighted by molar-refractivity contribution is 5.89. The first-order valence-electron chi connectivity index (χ1n) is 6.82. The van der Waals surface area contributed by atoms with Gasteiger partial charge in [0.2, 0.25) is 0 Å². The number of aryl methyl sites for hydroxylation is 1. The van der Waals surface area contributed by atoms with Gasteiger partial charge in [-0.25, -0.2) is 14.2 Å². The van der Waals surface area contributed by atoms with Crippen LogP contribution in [0.25, 0.3) is 0 Å². The van der Waals surface area contributed by atoms with E-state index >= 15 is 0 Å². The highest BCUT2D eigenvalue weighted by Gasteiger charge is 2.14. The fourth-order valence-corrected chi connectivity index (χ4v) is 2.14. The molecule has 5 heteroatoms. The van der Waals surface area contributed by atoms with Gasteiger partial charge in [-0.1, -0.05) is 13.0 Å². The Labute approximate surface area is 122 Å². The number of hydrogen-bond donors (Lipinski definition) is 1. The normalized spacial score (nSPS) is 10.4. The van der Waals surface area contributed by atoms with Crippen LogP contribution in [0.5, 0.6) is 0 Å². The summed E-state index contributed by atoms with van der Waals surface area (Å²) in [7, 11) is 0. The minimum absolute atomic E-state index is 0.187. The number of nitrogens with zero attached hydrogens (tertiary/aromatic N) is 2. The summed E-state index contributed by atoms with van der Waals surface area (Å²) in [6, 6.07) is 9.24. The summed E-state index contributed by atoms with van der Waals surface area (Å²) in [6.45, 7) is 4.38. The van der Waals surface area contributed by atoms with Crippen LogP contribution in [-0.4, -0.2) is 22.6 Å². The van der Waals surface area contributed by atoms with Gasteiger partial charge >= 0.3 is 5.97 Å². The van der Waals surface area contributed by atoms with E-state index in [2.05, 4.69) is 4.98 Å². The second-order valence-electron chi connectivity index (χ2n) is 4.59. The van der Waals surface area contributed by atoms with Crippen LogP contribution in [0.2, 0.25) is 0 Å². The highest BCUT2D eigenvalue weighted by atomic mass is 19.1. The van der Waals surface area contributed by atoms with E-state index < -0.39 is 5.97 Å². The van der Waals surface area contributed by atoms with Gasteiger partial charge in [-0.05, 0) is 43.7 Å². The molecule has 1 aromatic heterocycles. The average molecular weight is 288 g/mol. The highest BCUT2D eigenvalue weighted by Crippen LogP contribution is 2.25. The number of aromatic carboxylic acids is 1. The number of anilines is 2. The smallest absolute Gasteiger partial charge is 0.335 e. The van der Waals surface area contributed by atoms with Crippen LogP contribution in [0.15, 0.2) is 36.4 Å². The number of benzene rings is 1. The molecule has 0 unspecified atom stereocenters. The summed E-state index contributed by atoms with van der Waals surface area (Å²) in [4.78, 5) is 17.5. The van der Waals surface area contributed by atoms with E-state index in [4.69, 9.17) is 0 Å². The Bertz CT molecular complexity index is 658. The van der Waals surface area contributed by atoms with Crippen LogP contribution >= 0.6 is 0 Å². The van der Waals surface area contributed by atoms with Gasteiger partial charge in [-0.3, -0.25) is 0 Å². The molecule has 0 radical (unpaired) electrons. The molecule has 0 aliphatic rings. The summed E-state index contributed by atoms with van der Waals surface area (Å²) in [5.41, 5.74) is 1.53. The van der Waals surface area contributed by atoms with Gasteiger partial charge in [0.05, 0.1) is 5.56 Å². The van der Waals surface area contributed by atoms with Gasteiger partial charge in [0.15, 0.2) is 0 Å². The van der Waals surface area contributed by atoms with Gasteiger partial charge in [0, 0.05) is 17.9 Å². The lowest BCUT2D eigenvalue weighted by Gasteiger charge is -2.23. The third-order valence-corrected chi connectivity index (χ3v) is 3.19. The number of pyridine rings is 1. The van der Waals surface area contributed by atoms with Crippen molar-refractivity contribution in [2.75, 3.05) is 11.4 Å². The molecular formula is C16H17FN2O2. The van der Waals surface area contributed by atoms with Crippen LogP contribution < -0.4 is 4.90 Å². The lowest BCUT2D eigenvalue weighted by molar-refractivity contribution is 0.0696. The zero-order valence-electron chi connectivity index (χ0n) is 12.0. The number of rotatable bonds is 5. The Morgan fingerprint density at radius 3 is 2.62 bits per heavy atom. The quantitative estimate of drug-likeness (QED) is 0.912. The summed E-state index contributed by atoms with van der Waals surface area (Å²) in [5, 5.41) is 9.19. The van der Waals surface area contributed by atoms with Crippen LogP contribution in [0.1, 0.15) is 29.9 Å². The van der Waals surface area contributed by atoms with Crippen LogP contribution in [0, 0.1) is 5.82 Å². The standard InChI is InChI=1S/C16H17FN2O2/c1-3-13-8-11(16(20)21)9-15(18-13)19(4-2)14-7-5-6-12(17)10-14/h5-10H,3-4H2,1-2H3,(H,20,21). The first-order chi connectivity index (χ1) is 10.0. The Hall–Kier alpha value is -2.43. The Morgan fingerprint density at radius 1 is 1.29 bits per heavy atom. The molecule has 4 nitrogen and oxygen atoms in total. The first-order valence-corrected chi connectivity index (χ1v) is 6.82. The summed E-state index contributed by atoms with van der Waals surface area (Å²) >= 11 is 0. The van der Waals surface area contributed by atoms with Crippen molar-refractivity contribution in [2.45, 2.75) is 20.3 Å². The molecule has 0 amide bonds. The molecule has 0 fully saturated rings. The minimum atomic E-state index is -0.997. The van der Waals surface area contributed by atoms with E-state index in [0.29, 0.717) is 30.2 Å². The lowest BCUT2D eigenvalue weighted by Crippen LogP contribution is -2.19. The van der Waals surface area contributed by atoms with E-state index in [1.807, 2.05) is 13.8 Å². The number of carboxylic acid groups (broad SMARTS) is 1. The molecule has 0 atom stereocenters. The van der Waals surface area contributed by atoms with Crippen molar-refractivity contribution in [3.63, 3.8) is 0 Å². The molecule has 0 aliphatic carbocycles. The van der Waals surface area contributed by atoms with Gasteiger partial charge in [-0.2, -0.15) is 0 Å². The van der Waals surface area contributed by atoms with Gasteiger partial charge in [0.1, 0.15) is 11.6 Å². The Balaban J connectivity index is 2.51. The predicted octanol–water partition coefficient (Wildman–Crippen LogP) is 3.64. The number of carboxylic acids is 1. The van der Waals surface area contributed by atoms with Crippen molar-refractivity contribution < 1.29 is 14.3 Å². The maximum atomic E-state index is 13.4. The zero-order valence-corrected chi connectivity index (χ0v) is 12.0. The average Bonchev–Trinajstić information content (AvgIpc) is 2.47. The fraction of sp³-hybridized carbons (Fsp3) is 0.250. The number of carbonyl (C=O) groups is 1. The molecule has 0 saturated carbocycles. The second kappa shape index (κ2) is 6.35. The third-order valence-electron chi connectivity index (χ3n) is 3.19. The van der Waals surface area contributed by atoms with Crippen molar-refractivity contribution in [1.29, 1.82) is 0 Å². The van der Waals surface area contributed by atoms with E-state index in [1.165, 1.54) is 18.2 Å². The molecule has 110 valence electrons. The third kappa shape index (κ3) is 3.37. The molecule has 2 rings (SSSR count). The van der Waals surface area contributed by atoms with E-state index in [1.54, 1.807) is 23.1 Å². The van der Waals surface area contributed by atoms with Crippen LogP contribution in [0.4, 0.5) is 15.9 Å². The van der Waals surface area contributed by atoms with E-state index in [9.17, 15) is 14.3 Å². The van der Waals surface area contributed by atoms with Gasteiger partial charge < -0.3 is 10.0 Å². The SMILES string of the molecule is CCc1cc(C(=O)O)cc(N(CC)c2cccc(F)c2)n1. The molecule has 0 bridgehead atoms. The second-order valence-corrected chi connectivity index (χ2v) is 4.59. The summed E-state index contributed by atoms with van der Waals surface area (Å²) < 4.78 is 13.4. The van der Waals surface area contributed by atoms with E-state index in [-0.39, 0.29) is 11.4 Å². The molecule has 0 spiro atoms. The number of hydrogen-bond acceptors (Lipinski definition) is 3. The molecule has 1 N–H and O–H groups in total. The molecule has 0 saturated heterocycles. The molecule has 0 aliphatic heterocycles. The van der Waals surface area contributed by atoms with E-state index in [0.717, 1.165) is 0 Å². The first kappa shape index (κ1) is 15.0. The zero-order chi connectivity index (χ0) is 15.4. The molecular weight excluding hydrogens is 271 g/mol. The summed E-state index contributed by atoms with van der Waals surface area (Å²) in [6.07, 6.45) is 0.634. The van der Waals surface area contributed by atoms with Crippen LogP contribution in [0.3, 0.4) is 0 Å². The van der Waals surface area contributed by atoms with Crippen molar-refractivity contribution in [3.05, 3.63) is 53.5 Å². The minimum Gasteiger partial charge on any atom is -0.478 e. The van der Waals surface area contributed by atoms with Crippen LogP contribution in [-0.2, 0) is 6.42 Å². The monoisotopic (exact) mass is 288 g/mol. The van der Waals surface area contributed by atoms with Crippen molar-refractivity contribution >= 4 is 17.5 Å². The largest absolute Gasteiger partial charge is 0.478 e. The molecule has 2 aromatic rings. The Morgan fingerprint density at radius 2 is 2.05 bits per heavy atom. The fourth-order valence-electron chi connectivity index (χ4n) is 2.14. The van der Waals surface area contributed by atoms with Crippen molar-refractivity contribution in [1.82, 2.24) is 4.98 Å². The topological polar surface area (TPSA) is 53.4 Å². The maximum absolute atomic E-state index is 13.4. The lowest BCUT2D eigenvalue weighted by atomic mass is 10.2. The Kier molecular flexibility index (Phi) is 4.52. The predicted molar refractivity (Wildman–Crippen MR) is 79.7 cm³/mol. The van der Waals surface area contributed by atoms with Crippen molar-refractivity contribution in [3.8, 4) is 0 Å². The number of halogens is 1. The van der Waals surface area contributed by atoms with Crippen molar-refractivity contribution in [2.24, 2.45) is 0 Å². The summed E-state index contributed by atoms with van der Waals surface area (Å²) in [5.74, 6) is -0.820. The van der Waals surface area contributed by atoms with Gasteiger partial charge in [0.25, 0.3) is 0 Å². The number of aromatic nitrogens is 1.